The highest BCUT2D eigenvalue weighted by atomic mass is 16.4. The maximum Gasteiger partial charge on any atom is 0.329 e. The van der Waals surface area contributed by atoms with E-state index >= 15 is 0 Å². The fourth-order valence-electron chi connectivity index (χ4n) is 5.13. The Labute approximate surface area is 203 Å². The predicted octanol–water partition coefficient (Wildman–Crippen LogP) is 5.08. The Kier molecular flexibility index (Phi) is 6.03. The second-order valence-electron chi connectivity index (χ2n) is 9.10. The number of aryl methyl sites for hydroxylation is 2. The van der Waals surface area contributed by atoms with E-state index < -0.39 is 11.9 Å². The number of imidazole rings is 1. The summed E-state index contributed by atoms with van der Waals surface area (Å²) in [6.45, 7) is 5.60. The van der Waals surface area contributed by atoms with Crippen LogP contribution >= 0.6 is 0 Å². The quantitative estimate of drug-likeness (QED) is 0.346. The molecule has 0 amide bonds. The molecule has 6 nitrogen and oxygen atoms in total. The second-order valence-corrected chi connectivity index (χ2v) is 9.10. The van der Waals surface area contributed by atoms with E-state index in [2.05, 4.69) is 42.8 Å². The second kappa shape index (κ2) is 9.29. The number of carboxylic acid groups (broad SMARTS) is 1. The number of aliphatic carboxylic acids is 1. The zero-order valence-corrected chi connectivity index (χ0v) is 20.0. The average Bonchev–Trinajstić information content (AvgIpc) is 3.36. The number of benzene rings is 3. The van der Waals surface area contributed by atoms with Gasteiger partial charge < -0.3 is 9.67 Å². The van der Waals surface area contributed by atoms with Crippen LogP contribution in [0.4, 0.5) is 0 Å². The van der Waals surface area contributed by atoms with Crippen LogP contribution in [0.3, 0.4) is 0 Å². The number of nitrogens with zero attached hydrogens (tertiary/aromatic N) is 3. The molecule has 0 fully saturated rings. The van der Waals surface area contributed by atoms with Crippen molar-refractivity contribution in [3.05, 3.63) is 106 Å². The molecule has 3 aromatic carbocycles. The molecule has 2 heterocycles. The molecular formula is C29H29N3O3. The van der Waals surface area contributed by atoms with Crippen molar-refractivity contribution in [2.75, 3.05) is 0 Å². The lowest BCUT2D eigenvalue weighted by Crippen LogP contribution is -2.30. The smallest absolute Gasteiger partial charge is 0.329 e. The fraction of sp³-hybridized carbons (Fsp3) is 0.241. The van der Waals surface area contributed by atoms with Gasteiger partial charge in [0, 0.05) is 30.2 Å². The van der Waals surface area contributed by atoms with Crippen molar-refractivity contribution in [2.24, 2.45) is 5.92 Å². The number of hydrogen-bond donors (Lipinski definition) is 1. The largest absolute Gasteiger partial charge is 0.481 e. The van der Waals surface area contributed by atoms with Crippen molar-refractivity contribution in [3.8, 4) is 0 Å². The molecule has 1 N–H and O–H groups in total. The summed E-state index contributed by atoms with van der Waals surface area (Å²) in [5, 5.41) is 11.1. The van der Waals surface area contributed by atoms with Crippen molar-refractivity contribution in [1.82, 2.24) is 13.7 Å². The average molecular weight is 468 g/mol. The molecule has 0 radical (unpaired) electrons. The first kappa shape index (κ1) is 22.7. The van der Waals surface area contributed by atoms with Crippen LogP contribution in [0.1, 0.15) is 23.6 Å². The third-order valence-electron chi connectivity index (χ3n) is 6.86. The summed E-state index contributed by atoms with van der Waals surface area (Å²) in [5.74, 6) is -1.61. The van der Waals surface area contributed by atoms with Crippen LogP contribution in [0.25, 0.3) is 21.9 Å². The zero-order chi connectivity index (χ0) is 24.5. The van der Waals surface area contributed by atoms with Crippen molar-refractivity contribution < 1.29 is 9.90 Å². The standard InChI is InChI=1S/C29H29N3O3/c1-3-30-17-23(27-20(2)10-9-15-26(27)30)19-32-25-14-8-7-13-24(25)31(29(32)35)18-22(28(33)34)16-21-11-5-4-6-12-21/h4-15,17,22H,3,16,18-19H2,1-2H3,(H,33,34). The minimum atomic E-state index is -0.903. The number of carbonyl (C=O) groups is 1. The number of aromatic nitrogens is 3. The molecule has 1 unspecified atom stereocenters. The minimum absolute atomic E-state index is 0.117. The Balaban J connectivity index is 1.58. The monoisotopic (exact) mass is 467 g/mol. The number of rotatable bonds is 8. The van der Waals surface area contributed by atoms with Gasteiger partial charge in [-0.2, -0.15) is 0 Å². The van der Waals surface area contributed by atoms with Crippen LogP contribution in [0, 0.1) is 12.8 Å². The lowest BCUT2D eigenvalue weighted by atomic mass is 9.99. The van der Waals surface area contributed by atoms with Crippen molar-refractivity contribution in [1.29, 1.82) is 0 Å². The van der Waals surface area contributed by atoms with Gasteiger partial charge in [-0.25, -0.2) is 4.79 Å². The third-order valence-corrected chi connectivity index (χ3v) is 6.86. The molecule has 0 aliphatic heterocycles. The molecule has 6 heteroatoms. The SMILES string of the molecule is CCn1cc(Cn2c(=O)n(CC(Cc3ccccc3)C(=O)O)c3ccccc32)c2c(C)cccc21. The number of carboxylic acids is 1. The van der Waals surface area contributed by atoms with Crippen LogP contribution in [0.15, 0.2) is 83.8 Å². The molecule has 1 atom stereocenters. The third kappa shape index (κ3) is 4.16. The first-order valence-corrected chi connectivity index (χ1v) is 12.0. The Hall–Kier alpha value is -4.06. The van der Waals surface area contributed by atoms with Gasteiger partial charge >= 0.3 is 11.7 Å². The molecular weight excluding hydrogens is 438 g/mol. The zero-order valence-electron chi connectivity index (χ0n) is 20.0. The molecule has 0 aliphatic carbocycles. The van der Waals surface area contributed by atoms with Crippen LogP contribution in [0.5, 0.6) is 0 Å². The van der Waals surface area contributed by atoms with Gasteiger partial charge in [-0.3, -0.25) is 13.9 Å². The Morgan fingerprint density at radius 2 is 1.54 bits per heavy atom. The summed E-state index contributed by atoms with van der Waals surface area (Å²) in [4.78, 5) is 25.9. The summed E-state index contributed by atoms with van der Waals surface area (Å²) in [6, 6.07) is 23.5. The summed E-state index contributed by atoms with van der Waals surface area (Å²) >= 11 is 0. The maximum absolute atomic E-state index is 13.7. The molecule has 0 spiro atoms. The van der Waals surface area contributed by atoms with E-state index in [4.69, 9.17) is 0 Å². The highest BCUT2D eigenvalue weighted by Crippen LogP contribution is 2.27. The van der Waals surface area contributed by atoms with Gasteiger partial charge in [0.2, 0.25) is 0 Å². The first-order chi connectivity index (χ1) is 17.0. The molecule has 0 saturated carbocycles. The van der Waals surface area contributed by atoms with Gasteiger partial charge in [0.1, 0.15) is 0 Å². The van der Waals surface area contributed by atoms with Gasteiger partial charge in [0.15, 0.2) is 0 Å². The predicted molar refractivity (Wildman–Crippen MR) is 139 cm³/mol. The summed E-state index contributed by atoms with van der Waals surface area (Å²) in [6.07, 6.45) is 2.50. The maximum atomic E-state index is 13.7. The Morgan fingerprint density at radius 3 is 2.23 bits per heavy atom. The van der Waals surface area contributed by atoms with E-state index in [1.165, 1.54) is 10.9 Å². The summed E-state index contributed by atoms with van der Waals surface area (Å²) in [7, 11) is 0. The molecule has 178 valence electrons. The summed E-state index contributed by atoms with van der Waals surface area (Å²) in [5.41, 5.74) is 5.75. The van der Waals surface area contributed by atoms with Crippen LogP contribution in [-0.4, -0.2) is 24.8 Å². The molecule has 5 aromatic rings. The lowest BCUT2D eigenvalue weighted by Gasteiger charge is -2.13. The van der Waals surface area contributed by atoms with E-state index in [1.54, 1.807) is 9.13 Å². The topological polar surface area (TPSA) is 69.2 Å². The van der Waals surface area contributed by atoms with E-state index in [0.29, 0.717) is 13.0 Å². The Morgan fingerprint density at radius 1 is 0.886 bits per heavy atom. The summed E-state index contributed by atoms with van der Waals surface area (Å²) < 4.78 is 5.61. The molecule has 0 aliphatic rings. The van der Waals surface area contributed by atoms with Crippen molar-refractivity contribution >= 4 is 27.9 Å². The Bertz CT molecular complexity index is 1570. The van der Waals surface area contributed by atoms with Crippen molar-refractivity contribution in [2.45, 2.75) is 39.9 Å². The molecule has 35 heavy (non-hydrogen) atoms. The van der Waals surface area contributed by atoms with Gasteiger partial charge in [-0.05, 0) is 55.2 Å². The first-order valence-electron chi connectivity index (χ1n) is 12.0. The molecule has 0 bridgehead atoms. The van der Waals surface area contributed by atoms with Gasteiger partial charge in [-0.15, -0.1) is 0 Å². The highest BCUT2D eigenvalue weighted by Gasteiger charge is 2.23. The van der Waals surface area contributed by atoms with E-state index in [9.17, 15) is 14.7 Å². The molecule has 5 rings (SSSR count). The van der Waals surface area contributed by atoms with Gasteiger partial charge in [0.05, 0.1) is 23.5 Å². The number of para-hydroxylation sites is 2. The van der Waals surface area contributed by atoms with Crippen LogP contribution in [-0.2, 0) is 30.8 Å². The van der Waals surface area contributed by atoms with E-state index in [0.717, 1.165) is 34.2 Å². The number of hydrogen-bond acceptors (Lipinski definition) is 2. The molecule has 2 aromatic heterocycles. The van der Waals surface area contributed by atoms with Crippen LogP contribution in [0.2, 0.25) is 0 Å². The number of fused-ring (bicyclic) bond motifs is 2. The normalized spacial score (nSPS) is 12.4. The van der Waals surface area contributed by atoms with E-state index in [1.807, 2.05) is 54.6 Å². The molecule has 0 saturated heterocycles. The minimum Gasteiger partial charge on any atom is -0.481 e. The van der Waals surface area contributed by atoms with Gasteiger partial charge in [-0.1, -0.05) is 54.6 Å². The van der Waals surface area contributed by atoms with Gasteiger partial charge in [0.25, 0.3) is 0 Å². The van der Waals surface area contributed by atoms with Crippen LogP contribution < -0.4 is 5.69 Å². The lowest BCUT2D eigenvalue weighted by molar-refractivity contribution is -0.142. The van der Waals surface area contributed by atoms with Crippen molar-refractivity contribution in [3.63, 3.8) is 0 Å². The fourth-order valence-corrected chi connectivity index (χ4v) is 5.13. The van der Waals surface area contributed by atoms with E-state index in [-0.39, 0.29) is 12.2 Å². The highest BCUT2D eigenvalue weighted by molar-refractivity contribution is 5.87.